The normalized spacial score (nSPS) is 12.1. The minimum absolute atomic E-state index is 0. The van der Waals surface area contributed by atoms with Crippen LogP contribution in [-0.4, -0.2) is 127 Å². The number of hydrogen-bond acceptors (Lipinski definition) is 18. The molecule has 0 fully saturated rings. The molecule has 96 heavy (non-hydrogen) atoms. The van der Waals surface area contributed by atoms with E-state index in [9.17, 15) is 39.6 Å². The van der Waals surface area contributed by atoms with E-state index in [2.05, 4.69) is 70.8 Å². The van der Waals surface area contributed by atoms with Crippen LogP contribution in [0.15, 0.2) is 204 Å². The summed E-state index contributed by atoms with van der Waals surface area (Å²) in [6.07, 6.45) is 16.2. The van der Waals surface area contributed by atoms with Gasteiger partial charge in [0, 0.05) is 81.7 Å². The fourth-order valence-electron chi connectivity index (χ4n) is 9.74. The number of sulfone groups is 3. The Morgan fingerprint density at radius 2 is 0.833 bits per heavy atom. The van der Waals surface area contributed by atoms with E-state index in [0.717, 1.165) is 16.7 Å². The smallest absolute Gasteiger partial charge is 0.255 e. The number of aromatic amines is 3. The Kier molecular flexibility index (Phi) is 21.1. The molecule has 12 aromatic rings. The molecule has 0 bridgehead atoms. The number of amides is 3. The number of pyridine rings is 2. The van der Waals surface area contributed by atoms with Crippen molar-refractivity contribution in [2.75, 3.05) is 13.7 Å². The largest absolute Gasteiger partial charge is 0.382 e. The van der Waals surface area contributed by atoms with E-state index in [-0.39, 0.29) is 39.9 Å². The molecule has 8 aromatic heterocycles. The first-order valence-corrected chi connectivity index (χ1v) is 34.9. The Morgan fingerprint density at radius 1 is 0.448 bits per heavy atom. The Hall–Kier alpha value is -10.7. The number of rotatable bonds is 20. The lowest BCUT2D eigenvalue weighted by atomic mass is 10.1. The Bertz CT molecular complexity index is 4870. The van der Waals surface area contributed by atoms with Crippen LogP contribution < -0.4 is 16.0 Å². The maximum Gasteiger partial charge on any atom is 0.255 e. The lowest BCUT2D eigenvalue weighted by Gasteiger charge is -2.18. The van der Waals surface area contributed by atoms with Gasteiger partial charge in [-0.25, -0.2) is 55.2 Å². The van der Waals surface area contributed by atoms with Gasteiger partial charge in [-0.2, -0.15) is 0 Å². The van der Waals surface area contributed by atoms with Crippen molar-refractivity contribution in [1.29, 1.82) is 0 Å². The van der Waals surface area contributed by atoms with Gasteiger partial charge in [0.15, 0.2) is 46.5 Å². The summed E-state index contributed by atoms with van der Waals surface area (Å²) >= 11 is 0. The Morgan fingerprint density at radius 3 is 1.20 bits per heavy atom. The van der Waals surface area contributed by atoms with E-state index in [1.165, 1.54) is 0 Å². The quantitative estimate of drug-likeness (QED) is 0.0413. The molecule has 0 saturated carbocycles. The Balaban J connectivity index is 0.000000170. The highest BCUT2D eigenvalue weighted by molar-refractivity contribution is 7.92. The second-order valence-electron chi connectivity index (χ2n) is 22.8. The molecule has 0 radical (unpaired) electrons. The molecule has 0 aliphatic carbocycles. The van der Waals surface area contributed by atoms with Crippen molar-refractivity contribution < 1.29 is 45.8 Å². The number of H-pyrrole nitrogens is 3. The molecular formula is C69H70N14O10S3. The van der Waals surface area contributed by atoms with Crippen LogP contribution in [0.2, 0.25) is 0 Å². The number of nitrogens with zero attached hydrogens (tertiary/aromatic N) is 8. The lowest BCUT2D eigenvalue weighted by Crippen LogP contribution is -2.31. The maximum absolute atomic E-state index is 13.1. The molecular weight excluding hydrogens is 1280 g/mol. The molecule has 0 spiro atoms. The first-order chi connectivity index (χ1) is 46.0. The molecule has 8 heterocycles. The van der Waals surface area contributed by atoms with Crippen LogP contribution in [0.1, 0.15) is 96.8 Å². The molecule has 3 amide bonds. The second-order valence-corrected chi connectivity index (χ2v) is 30.3. The number of nitrogens with one attached hydrogen (secondary N) is 6. The zero-order valence-corrected chi connectivity index (χ0v) is 55.7. The van der Waals surface area contributed by atoms with Crippen molar-refractivity contribution in [2.45, 2.75) is 91.1 Å². The third-order valence-electron chi connectivity index (χ3n) is 15.4. The maximum atomic E-state index is 13.1. The van der Waals surface area contributed by atoms with Crippen molar-refractivity contribution >= 4 is 80.7 Å². The molecule has 4 aromatic carbocycles. The highest BCUT2D eigenvalue weighted by Gasteiger charge is 2.25. The van der Waals surface area contributed by atoms with Gasteiger partial charge in [-0.1, -0.05) is 72.8 Å². The van der Waals surface area contributed by atoms with Crippen LogP contribution in [0.5, 0.6) is 0 Å². The summed E-state index contributed by atoms with van der Waals surface area (Å²) in [5, 5.41) is 7.22. The van der Waals surface area contributed by atoms with Crippen molar-refractivity contribution in [2.24, 2.45) is 0 Å². The summed E-state index contributed by atoms with van der Waals surface area (Å²) in [4.78, 5) is 83.1. The number of ether oxygens (including phenoxy) is 1. The molecule has 494 valence electrons. The number of fused-ring (bicyclic) bond motifs is 3. The first kappa shape index (κ1) is 68.1. The minimum Gasteiger partial charge on any atom is -0.382 e. The Labute approximate surface area is 555 Å². The summed E-state index contributed by atoms with van der Waals surface area (Å²) in [5.41, 5.74) is 10.4. The zero-order valence-electron chi connectivity index (χ0n) is 53.2. The number of methoxy groups -OCH3 is 1. The predicted molar refractivity (Wildman–Crippen MR) is 366 cm³/mol. The van der Waals surface area contributed by atoms with Gasteiger partial charge in [0.05, 0.1) is 95.4 Å². The molecule has 0 unspecified atom stereocenters. The summed E-state index contributed by atoms with van der Waals surface area (Å²) in [7, 11) is -8.47. The lowest BCUT2D eigenvalue weighted by molar-refractivity contribution is 0.0896. The monoisotopic (exact) mass is 1350 g/mol. The summed E-state index contributed by atoms with van der Waals surface area (Å²) in [6, 6.07) is 36.2. The molecule has 12 rings (SSSR count). The standard InChI is InChI=1S/C25H26N4O4S.2C22H21N5O3S.H2/c1-16(2)34(31,32)19-11-9-18(10-12-19)21-14-27-24-23(28-21)20(13-26-24)25(30)29-22(15-33-3)17-7-5-4-6-8-17;1-14(2)31(29,30)17-5-3-16(4-6-17)19-13-25-21-20(27-19)18(12-24-21)22(28)26-11-15-7-9-23-10-8-15;1-14(2)31(29,30)17-7-5-16(6-8-17)19-13-25-21-20(27-19)18(12-24-21)22(28)26-11-15-4-3-9-23-10-15;/h4-14,16,22H,15H2,1-3H3,(H,26,27)(H,29,30);2*3-10,12-14H,11H2,1-2H3,(H,24,25)(H,26,28);1H/t22-;;;/m0.../s1. The SMILES string of the molecule is CC(C)S(=O)(=O)c1ccc(-c2cnc3[nH]cc(C(=O)NCc4cccnc4)c3n2)cc1.CC(C)S(=O)(=O)c1ccc(-c2cnc3[nH]cc(C(=O)NCc4ccncc4)c3n2)cc1.COC[C@H](NC(=O)c1c[nH]c2ncc(-c3ccc(S(=O)(=O)C(C)C)cc3)nc12)c1ccccc1.[HH]. The molecule has 27 heteroatoms. The van der Waals surface area contributed by atoms with Crippen molar-refractivity contribution in [3.05, 3.63) is 223 Å². The van der Waals surface area contributed by atoms with Crippen LogP contribution in [0.4, 0.5) is 0 Å². The summed E-state index contributed by atoms with van der Waals surface area (Å²) < 4.78 is 79.4. The number of carbonyl (C=O) groups excluding carboxylic acids is 3. The fraction of sp³-hybridized carbons (Fsp3) is 0.203. The van der Waals surface area contributed by atoms with Crippen LogP contribution in [0.25, 0.3) is 67.3 Å². The number of aromatic nitrogens is 11. The molecule has 24 nitrogen and oxygen atoms in total. The van der Waals surface area contributed by atoms with Gasteiger partial charge in [-0.05, 0) is 113 Å². The average Bonchev–Trinajstić information content (AvgIpc) is 1.50. The minimum atomic E-state index is -3.36. The first-order valence-electron chi connectivity index (χ1n) is 30.3. The van der Waals surface area contributed by atoms with Crippen molar-refractivity contribution in [3.8, 4) is 33.8 Å². The van der Waals surface area contributed by atoms with Gasteiger partial charge in [0.2, 0.25) is 0 Å². The number of benzene rings is 4. The summed E-state index contributed by atoms with van der Waals surface area (Å²) in [6.45, 7) is 10.9. The second kappa shape index (κ2) is 29.7. The van der Waals surface area contributed by atoms with Crippen molar-refractivity contribution in [1.82, 2.24) is 70.8 Å². The van der Waals surface area contributed by atoms with E-state index in [0.29, 0.717) is 104 Å². The molecule has 6 N–H and O–H groups in total. The van der Waals surface area contributed by atoms with E-state index in [1.54, 1.807) is 183 Å². The van der Waals surface area contributed by atoms with Gasteiger partial charge < -0.3 is 35.6 Å². The van der Waals surface area contributed by atoms with Gasteiger partial charge in [-0.3, -0.25) is 24.4 Å². The van der Waals surface area contributed by atoms with Gasteiger partial charge in [-0.15, -0.1) is 0 Å². The fourth-order valence-corrected chi connectivity index (χ4v) is 12.9. The van der Waals surface area contributed by atoms with E-state index >= 15 is 0 Å². The van der Waals surface area contributed by atoms with Crippen LogP contribution in [0, 0.1) is 0 Å². The number of carbonyl (C=O) groups is 3. The number of hydrogen-bond donors (Lipinski definition) is 6. The van der Waals surface area contributed by atoms with Crippen LogP contribution >= 0.6 is 0 Å². The average molecular weight is 1350 g/mol. The molecule has 0 aliphatic heterocycles. The van der Waals surface area contributed by atoms with Gasteiger partial charge in [0.25, 0.3) is 17.7 Å². The molecule has 0 aliphatic rings. The third-order valence-corrected chi connectivity index (χ3v) is 21.9. The van der Waals surface area contributed by atoms with E-state index in [4.69, 9.17) is 4.74 Å². The zero-order chi connectivity index (χ0) is 68.3. The van der Waals surface area contributed by atoms with Gasteiger partial charge >= 0.3 is 0 Å². The topological polar surface area (TPSA) is 349 Å². The van der Waals surface area contributed by atoms with Crippen LogP contribution in [0.3, 0.4) is 0 Å². The van der Waals surface area contributed by atoms with E-state index in [1.807, 2.05) is 54.6 Å². The van der Waals surface area contributed by atoms with Gasteiger partial charge in [0.1, 0.15) is 16.6 Å². The molecule has 0 saturated heterocycles. The van der Waals surface area contributed by atoms with Crippen molar-refractivity contribution in [3.63, 3.8) is 0 Å². The van der Waals surface area contributed by atoms with Crippen LogP contribution in [-0.2, 0) is 47.3 Å². The predicted octanol–water partition coefficient (Wildman–Crippen LogP) is 10.4. The third kappa shape index (κ3) is 15.6. The summed E-state index contributed by atoms with van der Waals surface area (Å²) in [5.74, 6) is -0.852. The highest BCUT2D eigenvalue weighted by atomic mass is 32.2. The highest BCUT2D eigenvalue weighted by Crippen LogP contribution is 2.29. The van der Waals surface area contributed by atoms with E-state index < -0.39 is 45.3 Å². The molecule has 1 atom stereocenters.